The monoisotopic (exact) mass is 569 g/mol. The highest BCUT2D eigenvalue weighted by atomic mass is 79.9. The van der Waals surface area contributed by atoms with E-state index in [-0.39, 0.29) is 5.56 Å². The third-order valence-corrected chi connectivity index (χ3v) is 8.14. The van der Waals surface area contributed by atoms with E-state index in [1.807, 2.05) is 36.9 Å². The number of thioether (sulfide) groups is 1. The van der Waals surface area contributed by atoms with E-state index in [9.17, 15) is 4.79 Å². The first kappa shape index (κ1) is 24.3. The zero-order chi connectivity index (χ0) is 24.5. The molecule has 6 nitrogen and oxygen atoms in total. The quantitative estimate of drug-likeness (QED) is 0.301. The Labute approximate surface area is 221 Å². The van der Waals surface area contributed by atoms with E-state index in [4.69, 9.17) is 11.6 Å². The molecule has 2 aromatic carbocycles. The lowest BCUT2D eigenvalue weighted by atomic mass is 10.1. The van der Waals surface area contributed by atoms with Gasteiger partial charge >= 0.3 is 0 Å². The summed E-state index contributed by atoms with van der Waals surface area (Å²) >= 11 is 11.9. The lowest BCUT2D eigenvalue weighted by molar-refractivity contribution is 0.274. The van der Waals surface area contributed by atoms with E-state index >= 15 is 0 Å². The third kappa shape index (κ3) is 4.98. The van der Waals surface area contributed by atoms with Crippen LogP contribution in [0, 0.1) is 0 Å². The molecule has 2 aromatic heterocycles. The minimum absolute atomic E-state index is 0.132. The molecule has 1 aliphatic heterocycles. The molecule has 0 bridgehead atoms. The van der Waals surface area contributed by atoms with Gasteiger partial charge in [-0.05, 0) is 49.9 Å². The summed E-state index contributed by atoms with van der Waals surface area (Å²) in [6.45, 7) is 3.52. The Bertz CT molecular complexity index is 1440. The molecule has 3 heterocycles. The summed E-state index contributed by atoms with van der Waals surface area (Å²) in [6, 6.07) is 16.2. The van der Waals surface area contributed by atoms with Crippen molar-refractivity contribution in [2.45, 2.75) is 19.5 Å². The van der Waals surface area contributed by atoms with E-state index < -0.39 is 0 Å². The fourth-order valence-corrected chi connectivity index (χ4v) is 6.40. The summed E-state index contributed by atoms with van der Waals surface area (Å²) in [5.41, 5.74) is 3.89. The number of nitrogens with zero attached hydrogens (tertiary/aromatic N) is 4. The van der Waals surface area contributed by atoms with Crippen molar-refractivity contribution in [3.8, 4) is 11.1 Å². The number of hydrogen-bond donors (Lipinski definition) is 1. The first-order chi connectivity index (χ1) is 16.9. The average Bonchev–Trinajstić information content (AvgIpc) is 2.85. The number of nitrogens with one attached hydrogen (secondary N) is 1. The van der Waals surface area contributed by atoms with Gasteiger partial charge in [-0.1, -0.05) is 45.7 Å². The number of anilines is 2. The Hall–Kier alpha value is -2.39. The van der Waals surface area contributed by atoms with Crippen molar-refractivity contribution >= 4 is 62.0 Å². The molecule has 0 amide bonds. The molecule has 0 spiro atoms. The molecule has 1 saturated heterocycles. The van der Waals surface area contributed by atoms with Crippen LogP contribution in [0.4, 0.5) is 11.6 Å². The molecule has 1 atom stereocenters. The Morgan fingerprint density at radius 3 is 2.69 bits per heavy atom. The highest BCUT2D eigenvalue weighted by Crippen LogP contribution is 2.31. The van der Waals surface area contributed by atoms with Crippen LogP contribution in [0.2, 0.25) is 5.02 Å². The van der Waals surface area contributed by atoms with Crippen molar-refractivity contribution < 1.29 is 0 Å². The van der Waals surface area contributed by atoms with Gasteiger partial charge < -0.3 is 5.32 Å². The van der Waals surface area contributed by atoms with E-state index in [1.54, 1.807) is 16.8 Å². The molecule has 35 heavy (non-hydrogen) atoms. The molecule has 1 aliphatic rings. The maximum Gasteiger partial charge on any atom is 0.260 e. The maximum atomic E-state index is 13.3. The minimum Gasteiger partial charge on any atom is -0.324 e. The fraction of sp³-hybridized carbons (Fsp3) is 0.269. The van der Waals surface area contributed by atoms with Crippen LogP contribution in [0.15, 0.2) is 64.0 Å². The molecule has 180 valence electrons. The van der Waals surface area contributed by atoms with Gasteiger partial charge in [0.2, 0.25) is 5.95 Å². The van der Waals surface area contributed by atoms with Crippen molar-refractivity contribution in [2.75, 3.05) is 30.4 Å². The zero-order valence-electron chi connectivity index (χ0n) is 19.5. The molecule has 4 aromatic rings. The average molecular weight is 571 g/mol. The maximum absolute atomic E-state index is 13.3. The molecular formula is C26H25BrClN5OS. The predicted molar refractivity (Wildman–Crippen MR) is 150 cm³/mol. The number of fused-ring (bicyclic) bond motifs is 1. The molecule has 0 aliphatic carbocycles. The van der Waals surface area contributed by atoms with Crippen LogP contribution in [0.1, 0.15) is 18.5 Å². The predicted octanol–water partition coefficient (Wildman–Crippen LogP) is 6.36. The zero-order valence-corrected chi connectivity index (χ0v) is 22.6. The molecule has 1 fully saturated rings. The standard InChI is InChI=1S/C26H25BrClN5OS/c1-3-33-24-17(12-21(25(33)34)20-9-6-18(27)13-22(20)28)14-29-26(31-24)30-19-7-4-16(5-8-19)23-15-35-11-10-32(23)2/h4-9,12-14,23H,3,10-11,15H2,1-2H3,(H,29,30,31). The summed E-state index contributed by atoms with van der Waals surface area (Å²) in [5.74, 6) is 2.75. The summed E-state index contributed by atoms with van der Waals surface area (Å²) in [4.78, 5) is 24.9. The van der Waals surface area contributed by atoms with Crippen LogP contribution in [0.3, 0.4) is 0 Å². The van der Waals surface area contributed by atoms with E-state index in [1.165, 1.54) is 11.3 Å². The topological polar surface area (TPSA) is 63.1 Å². The highest BCUT2D eigenvalue weighted by Gasteiger charge is 2.21. The minimum atomic E-state index is -0.132. The lowest BCUT2D eigenvalue weighted by Crippen LogP contribution is -2.32. The van der Waals surface area contributed by atoms with E-state index in [0.717, 1.165) is 27.8 Å². The Morgan fingerprint density at radius 1 is 1.17 bits per heavy atom. The second kappa shape index (κ2) is 10.3. The number of aromatic nitrogens is 3. The first-order valence-corrected chi connectivity index (χ1v) is 13.8. The smallest absolute Gasteiger partial charge is 0.260 e. The van der Waals surface area contributed by atoms with Gasteiger partial charge in [0.25, 0.3) is 5.56 Å². The normalized spacial score (nSPS) is 16.5. The van der Waals surface area contributed by atoms with Crippen molar-refractivity contribution in [3.05, 3.63) is 80.1 Å². The molecule has 0 radical (unpaired) electrons. The number of halogens is 2. The lowest BCUT2D eigenvalue weighted by Gasteiger charge is -2.32. The van der Waals surface area contributed by atoms with Crippen molar-refractivity contribution in [1.29, 1.82) is 0 Å². The number of benzene rings is 2. The molecule has 1 N–H and O–H groups in total. The summed E-state index contributed by atoms with van der Waals surface area (Å²) in [6.07, 6.45) is 1.75. The van der Waals surface area contributed by atoms with Gasteiger partial charge in [-0.15, -0.1) is 0 Å². The number of pyridine rings is 1. The second-order valence-electron chi connectivity index (χ2n) is 8.52. The van der Waals surface area contributed by atoms with Crippen LogP contribution in [0.5, 0.6) is 0 Å². The Balaban J connectivity index is 1.46. The number of aryl methyl sites for hydroxylation is 1. The van der Waals surface area contributed by atoms with Crippen LogP contribution in [0.25, 0.3) is 22.2 Å². The highest BCUT2D eigenvalue weighted by molar-refractivity contribution is 9.10. The first-order valence-electron chi connectivity index (χ1n) is 11.5. The van der Waals surface area contributed by atoms with Gasteiger partial charge in [0, 0.05) is 68.5 Å². The van der Waals surface area contributed by atoms with Gasteiger partial charge in [-0.25, -0.2) is 4.98 Å². The van der Waals surface area contributed by atoms with E-state index in [0.29, 0.717) is 40.3 Å². The molecule has 5 rings (SSSR count). The van der Waals surface area contributed by atoms with E-state index in [2.05, 4.69) is 67.4 Å². The Kier molecular flexibility index (Phi) is 7.16. The van der Waals surface area contributed by atoms with Crippen molar-refractivity contribution in [3.63, 3.8) is 0 Å². The largest absolute Gasteiger partial charge is 0.324 e. The molecule has 0 saturated carbocycles. The molecular weight excluding hydrogens is 546 g/mol. The van der Waals surface area contributed by atoms with Crippen LogP contribution in [-0.4, -0.2) is 44.5 Å². The van der Waals surface area contributed by atoms with Crippen molar-refractivity contribution in [1.82, 2.24) is 19.4 Å². The van der Waals surface area contributed by atoms with Gasteiger partial charge in [0.05, 0.1) is 0 Å². The van der Waals surface area contributed by atoms with Crippen LogP contribution in [-0.2, 0) is 6.54 Å². The third-order valence-electron chi connectivity index (χ3n) is 6.31. The van der Waals surface area contributed by atoms with Gasteiger partial charge in [0.15, 0.2) is 0 Å². The van der Waals surface area contributed by atoms with Gasteiger partial charge in [-0.3, -0.25) is 14.3 Å². The number of hydrogen-bond acceptors (Lipinski definition) is 6. The molecule has 9 heteroatoms. The second-order valence-corrected chi connectivity index (χ2v) is 11.0. The number of rotatable bonds is 5. The summed E-state index contributed by atoms with van der Waals surface area (Å²) in [7, 11) is 2.18. The van der Waals surface area contributed by atoms with Gasteiger partial charge in [-0.2, -0.15) is 16.7 Å². The van der Waals surface area contributed by atoms with Crippen LogP contribution < -0.4 is 10.9 Å². The van der Waals surface area contributed by atoms with Crippen LogP contribution >= 0.6 is 39.3 Å². The Morgan fingerprint density at radius 2 is 1.97 bits per heavy atom. The summed E-state index contributed by atoms with van der Waals surface area (Å²) in [5, 5.41) is 4.58. The summed E-state index contributed by atoms with van der Waals surface area (Å²) < 4.78 is 2.52. The molecule has 1 unspecified atom stereocenters. The fourth-order valence-electron chi connectivity index (χ4n) is 4.37. The van der Waals surface area contributed by atoms with Gasteiger partial charge in [0.1, 0.15) is 5.65 Å². The SMILES string of the molecule is CCn1c(=O)c(-c2ccc(Br)cc2Cl)cc2cnc(Nc3ccc(C4CSCCN4C)cc3)nc21. The van der Waals surface area contributed by atoms with Crippen molar-refractivity contribution in [2.24, 2.45) is 0 Å².